The molecule has 0 radical (unpaired) electrons. The van der Waals surface area contributed by atoms with Crippen molar-refractivity contribution in [3.8, 4) is 0 Å². The third kappa shape index (κ3) is 5.61. The average Bonchev–Trinajstić information content (AvgIpc) is 2.78. The lowest BCUT2D eigenvalue weighted by Crippen LogP contribution is -2.29. The standard InChI is InChI=1S/C22H26N4O5S2/c1-15(13-31-4)26-21(28)18-7-5-6-8-19(18)24-22(26)32-14-20(27)23-16-9-11-17(12-10-16)33(29,30)25(2)3/h5-12,15H,13-14H2,1-4H3,(H,23,27)/t15-/m0/s1. The molecule has 0 fully saturated rings. The summed E-state index contributed by atoms with van der Waals surface area (Å²) < 4.78 is 32.2. The number of carbonyl (C=O) groups is 1. The smallest absolute Gasteiger partial charge is 0.262 e. The van der Waals surface area contributed by atoms with E-state index in [1.807, 2.05) is 6.92 Å². The maximum atomic E-state index is 13.1. The molecule has 1 N–H and O–H groups in total. The first kappa shape index (κ1) is 24.9. The quantitative estimate of drug-likeness (QED) is 0.363. The maximum absolute atomic E-state index is 13.1. The molecule has 0 aliphatic heterocycles. The Balaban J connectivity index is 1.78. The van der Waals surface area contributed by atoms with E-state index in [2.05, 4.69) is 10.3 Å². The third-order valence-corrected chi connectivity index (χ3v) is 7.66. The molecule has 1 amide bonds. The van der Waals surface area contributed by atoms with Crippen LogP contribution in [0.2, 0.25) is 0 Å². The monoisotopic (exact) mass is 490 g/mol. The van der Waals surface area contributed by atoms with Crippen LogP contribution in [0.25, 0.3) is 10.9 Å². The molecule has 0 unspecified atom stereocenters. The number of sulfonamides is 1. The van der Waals surface area contributed by atoms with E-state index in [1.54, 1.807) is 35.9 Å². The molecule has 1 atom stereocenters. The Labute approximate surface area is 196 Å². The minimum Gasteiger partial charge on any atom is -0.383 e. The van der Waals surface area contributed by atoms with Gasteiger partial charge in [-0.3, -0.25) is 14.2 Å². The van der Waals surface area contributed by atoms with Crippen molar-refractivity contribution in [1.29, 1.82) is 0 Å². The molecule has 0 saturated carbocycles. The first-order valence-corrected chi connectivity index (χ1v) is 12.5. The fourth-order valence-corrected chi connectivity index (χ4v) is 4.98. The van der Waals surface area contributed by atoms with Gasteiger partial charge in [0.15, 0.2) is 5.16 Å². The second kappa shape index (κ2) is 10.5. The second-order valence-corrected chi connectivity index (χ2v) is 10.6. The number of hydrogen-bond acceptors (Lipinski definition) is 7. The van der Waals surface area contributed by atoms with E-state index >= 15 is 0 Å². The van der Waals surface area contributed by atoms with Crippen molar-refractivity contribution in [2.75, 3.05) is 38.9 Å². The summed E-state index contributed by atoms with van der Waals surface area (Å²) in [6.07, 6.45) is 0. The minimum atomic E-state index is -3.54. The van der Waals surface area contributed by atoms with Gasteiger partial charge in [0, 0.05) is 26.9 Å². The number of benzene rings is 2. The van der Waals surface area contributed by atoms with Crippen molar-refractivity contribution in [1.82, 2.24) is 13.9 Å². The molecule has 0 spiro atoms. The largest absolute Gasteiger partial charge is 0.383 e. The highest BCUT2D eigenvalue weighted by atomic mass is 32.2. The molecule has 1 aromatic heterocycles. The zero-order chi connectivity index (χ0) is 24.2. The topological polar surface area (TPSA) is 111 Å². The lowest BCUT2D eigenvalue weighted by atomic mass is 10.2. The summed E-state index contributed by atoms with van der Waals surface area (Å²) in [5, 5.41) is 3.66. The Bertz CT molecular complexity index is 1300. The Kier molecular flexibility index (Phi) is 7.90. The summed E-state index contributed by atoms with van der Waals surface area (Å²) in [5.74, 6) is -0.293. The van der Waals surface area contributed by atoms with E-state index in [0.717, 1.165) is 16.1 Å². The number of para-hydroxylation sites is 1. The van der Waals surface area contributed by atoms with Gasteiger partial charge >= 0.3 is 0 Å². The van der Waals surface area contributed by atoms with Gasteiger partial charge in [0.05, 0.1) is 34.2 Å². The molecule has 3 rings (SSSR count). The molecule has 0 bridgehead atoms. The zero-order valence-electron chi connectivity index (χ0n) is 18.8. The van der Waals surface area contributed by atoms with Crippen LogP contribution in [-0.2, 0) is 19.6 Å². The number of carbonyl (C=O) groups excluding carboxylic acids is 1. The molecule has 0 aliphatic rings. The second-order valence-electron chi connectivity index (χ2n) is 7.54. The van der Waals surface area contributed by atoms with Crippen LogP contribution in [-0.4, -0.2) is 61.7 Å². The fraction of sp³-hybridized carbons (Fsp3) is 0.318. The Morgan fingerprint density at radius 2 is 1.85 bits per heavy atom. The van der Waals surface area contributed by atoms with Crippen LogP contribution in [0.3, 0.4) is 0 Å². The van der Waals surface area contributed by atoms with E-state index in [0.29, 0.717) is 28.4 Å². The summed E-state index contributed by atoms with van der Waals surface area (Å²) in [4.78, 5) is 30.3. The number of aromatic nitrogens is 2. The lowest BCUT2D eigenvalue weighted by Gasteiger charge is -2.18. The number of thioether (sulfide) groups is 1. The maximum Gasteiger partial charge on any atom is 0.262 e. The van der Waals surface area contributed by atoms with Crippen molar-refractivity contribution in [2.24, 2.45) is 0 Å². The molecule has 9 nitrogen and oxygen atoms in total. The van der Waals surface area contributed by atoms with Gasteiger partial charge in [-0.2, -0.15) is 0 Å². The van der Waals surface area contributed by atoms with Crippen LogP contribution in [0.4, 0.5) is 5.69 Å². The van der Waals surface area contributed by atoms with Gasteiger partial charge in [-0.25, -0.2) is 17.7 Å². The average molecular weight is 491 g/mol. The van der Waals surface area contributed by atoms with Crippen LogP contribution < -0.4 is 10.9 Å². The van der Waals surface area contributed by atoms with Crippen molar-refractivity contribution in [3.05, 3.63) is 58.9 Å². The number of anilines is 1. The SMILES string of the molecule is COC[C@H](C)n1c(SCC(=O)Nc2ccc(S(=O)(=O)N(C)C)cc2)nc2ccccc2c1=O. The number of nitrogens with one attached hydrogen (secondary N) is 1. The van der Waals surface area contributed by atoms with Gasteiger partial charge in [-0.15, -0.1) is 0 Å². The normalized spacial score (nSPS) is 12.8. The van der Waals surface area contributed by atoms with E-state index in [-0.39, 0.29) is 28.2 Å². The summed E-state index contributed by atoms with van der Waals surface area (Å²) in [6, 6.07) is 12.7. The van der Waals surface area contributed by atoms with Crippen molar-refractivity contribution < 1.29 is 17.9 Å². The number of fused-ring (bicyclic) bond motifs is 1. The van der Waals surface area contributed by atoms with Crippen LogP contribution in [0, 0.1) is 0 Å². The van der Waals surface area contributed by atoms with E-state index in [4.69, 9.17) is 4.74 Å². The number of hydrogen-bond donors (Lipinski definition) is 1. The zero-order valence-corrected chi connectivity index (χ0v) is 20.4. The van der Waals surface area contributed by atoms with Crippen LogP contribution in [0.5, 0.6) is 0 Å². The van der Waals surface area contributed by atoms with Gasteiger partial charge in [0.2, 0.25) is 15.9 Å². The molecule has 1 heterocycles. The first-order valence-electron chi connectivity index (χ1n) is 10.1. The van der Waals surface area contributed by atoms with Gasteiger partial charge in [-0.05, 0) is 43.3 Å². The van der Waals surface area contributed by atoms with Gasteiger partial charge in [-0.1, -0.05) is 23.9 Å². The van der Waals surface area contributed by atoms with Gasteiger partial charge in [0.1, 0.15) is 0 Å². The molecule has 11 heteroatoms. The van der Waals surface area contributed by atoms with Crippen molar-refractivity contribution >= 4 is 44.3 Å². The van der Waals surface area contributed by atoms with Crippen LogP contribution in [0.1, 0.15) is 13.0 Å². The van der Waals surface area contributed by atoms with Crippen molar-refractivity contribution in [2.45, 2.75) is 23.0 Å². The highest BCUT2D eigenvalue weighted by molar-refractivity contribution is 7.99. The summed E-state index contributed by atoms with van der Waals surface area (Å²) in [7, 11) is 0.927. The van der Waals surface area contributed by atoms with E-state index in [1.165, 1.54) is 38.4 Å². The van der Waals surface area contributed by atoms with Crippen LogP contribution >= 0.6 is 11.8 Å². The molecule has 33 heavy (non-hydrogen) atoms. The molecule has 0 aliphatic carbocycles. The van der Waals surface area contributed by atoms with Crippen molar-refractivity contribution in [3.63, 3.8) is 0 Å². The predicted octanol–water partition coefficient (Wildman–Crippen LogP) is 2.59. The summed E-state index contributed by atoms with van der Waals surface area (Å²) in [6.45, 7) is 2.18. The number of amides is 1. The number of nitrogens with zero attached hydrogens (tertiary/aromatic N) is 3. The van der Waals surface area contributed by atoms with Gasteiger partial charge < -0.3 is 10.1 Å². The molecular weight excluding hydrogens is 464 g/mol. The minimum absolute atomic E-state index is 0.0161. The summed E-state index contributed by atoms with van der Waals surface area (Å²) >= 11 is 1.15. The lowest BCUT2D eigenvalue weighted by molar-refractivity contribution is -0.113. The first-order chi connectivity index (χ1) is 15.6. The Hall–Kier alpha value is -2.73. The van der Waals surface area contributed by atoms with Gasteiger partial charge in [0.25, 0.3) is 5.56 Å². The molecule has 2 aromatic carbocycles. The Morgan fingerprint density at radius 1 is 1.18 bits per heavy atom. The molecule has 3 aromatic rings. The number of methoxy groups -OCH3 is 1. The molecule has 0 saturated heterocycles. The highest BCUT2D eigenvalue weighted by Gasteiger charge is 2.19. The predicted molar refractivity (Wildman–Crippen MR) is 129 cm³/mol. The van der Waals surface area contributed by atoms with Crippen LogP contribution in [0.15, 0.2) is 63.4 Å². The molecule has 176 valence electrons. The Morgan fingerprint density at radius 3 is 2.48 bits per heavy atom. The summed E-state index contributed by atoms with van der Waals surface area (Å²) in [5.41, 5.74) is 0.838. The third-order valence-electron chi connectivity index (χ3n) is 4.87. The number of rotatable bonds is 9. The number of ether oxygens (including phenoxy) is 1. The highest BCUT2D eigenvalue weighted by Crippen LogP contribution is 2.22. The van der Waals surface area contributed by atoms with E-state index in [9.17, 15) is 18.0 Å². The molecular formula is C22H26N4O5S2. The van der Waals surface area contributed by atoms with E-state index < -0.39 is 10.0 Å². The fourth-order valence-electron chi connectivity index (χ4n) is 3.18.